The summed E-state index contributed by atoms with van der Waals surface area (Å²) in [5, 5.41) is 3.55. The second kappa shape index (κ2) is 3.46. The minimum atomic E-state index is 0.559. The zero-order valence-electron chi connectivity index (χ0n) is 10.0. The van der Waals surface area contributed by atoms with E-state index in [-0.39, 0.29) is 0 Å². The maximum absolute atomic E-state index is 3.55. The van der Waals surface area contributed by atoms with Crippen LogP contribution in [0, 0.1) is 10.8 Å². The maximum Gasteiger partial charge on any atom is 0.00507 e. The quantitative estimate of drug-likeness (QED) is 0.745. The topological polar surface area (TPSA) is 15.3 Å². The summed E-state index contributed by atoms with van der Waals surface area (Å²) >= 11 is 0. The monoisotopic (exact) mass is 208 g/mol. The number of piperidine rings is 1. The van der Waals surface area contributed by atoms with Crippen molar-refractivity contribution >= 4 is 0 Å². The molecule has 0 aromatic rings. The Morgan fingerprint density at radius 3 is 2.47 bits per heavy atom. The highest BCUT2D eigenvalue weighted by Gasteiger charge is 2.48. The van der Waals surface area contributed by atoms with Crippen molar-refractivity contribution in [3.8, 4) is 0 Å². The molecule has 2 heteroatoms. The molecule has 1 saturated carbocycles. The first-order valence-corrected chi connectivity index (χ1v) is 6.63. The number of hydrogen-bond donors (Lipinski definition) is 1. The van der Waals surface area contributed by atoms with Crippen molar-refractivity contribution in [3.05, 3.63) is 0 Å². The van der Waals surface area contributed by atoms with Gasteiger partial charge in [-0.15, -0.1) is 0 Å². The smallest absolute Gasteiger partial charge is 0.00507 e. The Morgan fingerprint density at radius 1 is 1.13 bits per heavy atom. The van der Waals surface area contributed by atoms with Crippen molar-refractivity contribution in [2.45, 2.75) is 39.0 Å². The lowest BCUT2D eigenvalue weighted by Gasteiger charge is -2.58. The Morgan fingerprint density at radius 2 is 1.93 bits per heavy atom. The first kappa shape index (κ1) is 10.1. The lowest BCUT2D eigenvalue weighted by atomic mass is 9.63. The van der Waals surface area contributed by atoms with Gasteiger partial charge in [0.05, 0.1) is 0 Å². The predicted octanol–water partition coefficient (Wildman–Crippen LogP) is 1.86. The molecule has 3 aliphatic rings. The molecule has 0 amide bonds. The van der Waals surface area contributed by atoms with E-state index in [1.54, 1.807) is 0 Å². The van der Waals surface area contributed by atoms with E-state index < -0.39 is 0 Å². The molecule has 0 bridgehead atoms. The third-order valence-electron chi connectivity index (χ3n) is 4.82. The molecule has 1 N–H and O–H groups in total. The molecule has 86 valence electrons. The minimum Gasteiger partial charge on any atom is -0.316 e. The first-order valence-electron chi connectivity index (χ1n) is 6.63. The van der Waals surface area contributed by atoms with Gasteiger partial charge in [-0.2, -0.15) is 0 Å². The Labute approximate surface area is 93.4 Å². The van der Waals surface area contributed by atoms with E-state index in [1.165, 1.54) is 64.8 Å². The molecule has 2 saturated heterocycles. The molecule has 15 heavy (non-hydrogen) atoms. The van der Waals surface area contributed by atoms with Crippen LogP contribution >= 0.6 is 0 Å². The van der Waals surface area contributed by atoms with Gasteiger partial charge in [-0.05, 0) is 43.1 Å². The first-order chi connectivity index (χ1) is 7.20. The average molecular weight is 208 g/mol. The summed E-state index contributed by atoms with van der Waals surface area (Å²) in [6, 6.07) is 0. The highest BCUT2D eigenvalue weighted by Crippen LogP contribution is 2.48. The molecule has 0 aromatic carbocycles. The van der Waals surface area contributed by atoms with E-state index in [4.69, 9.17) is 0 Å². The SMILES string of the molecule is CC1(CN2CC3(CCC3)C2)CCCNC1. The van der Waals surface area contributed by atoms with Gasteiger partial charge in [0.15, 0.2) is 0 Å². The number of likely N-dealkylation sites (tertiary alicyclic amines) is 1. The Balaban J connectivity index is 1.49. The number of rotatable bonds is 2. The fraction of sp³-hybridized carbons (Fsp3) is 1.00. The summed E-state index contributed by atoms with van der Waals surface area (Å²) < 4.78 is 0. The van der Waals surface area contributed by atoms with E-state index in [9.17, 15) is 0 Å². The van der Waals surface area contributed by atoms with E-state index in [0.717, 1.165) is 5.41 Å². The van der Waals surface area contributed by atoms with Crippen molar-refractivity contribution in [1.29, 1.82) is 0 Å². The Hall–Kier alpha value is -0.0800. The van der Waals surface area contributed by atoms with Crippen LogP contribution in [-0.4, -0.2) is 37.6 Å². The second-order valence-electron chi connectivity index (χ2n) is 6.59. The molecule has 1 aliphatic carbocycles. The zero-order valence-corrected chi connectivity index (χ0v) is 10.0. The largest absolute Gasteiger partial charge is 0.316 e. The zero-order chi connectivity index (χ0) is 10.4. The second-order valence-corrected chi connectivity index (χ2v) is 6.59. The van der Waals surface area contributed by atoms with E-state index in [0.29, 0.717) is 5.41 Å². The van der Waals surface area contributed by atoms with Gasteiger partial charge < -0.3 is 10.2 Å². The summed E-state index contributed by atoms with van der Waals surface area (Å²) in [6.45, 7) is 9.08. The third kappa shape index (κ3) is 1.83. The summed E-state index contributed by atoms with van der Waals surface area (Å²) in [5.74, 6) is 0. The molecule has 3 fully saturated rings. The summed E-state index contributed by atoms with van der Waals surface area (Å²) in [6.07, 6.45) is 7.31. The van der Waals surface area contributed by atoms with Crippen LogP contribution in [0.1, 0.15) is 39.0 Å². The van der Waals surface area contributed by atoms with Crippen LogP contribution in [0.2, 0.25) is 0 Å². The maximum atomic E-state index is 3.55. The van der Waals surface area contributed by atoms with Gasteiger partial charge in [-0.1, -0.05) is 13.3 Å². The summed E-state index contributed by atoms with van der Waals surface area (Å²) in [5.41, 5.74) is 1.36. The molecule has 1 spiro atoms. The van der Waals surface area contributed by atoms with Crippen LogP contribution < -0.4 is 5.32 Å². The van der Waals surface area contributed by atoms with Crippen molar-refractivity contribution in [2.24, 2.45) is 10.8 Å². The van der Waals surface area contributed by atoms with Gasteiger partial charge in [0.1, 0.15) is 0 Å². The highest BCUT2D eigenvalue weighted by molar-refractivity contribution is 5.02. The van der Waals surface area contributed by atoms with Gasteiger partial charge in [-0.25, -0.2) is 0 Å². The molecule has 0 aromatic heterocycles. The predicted molar refractivity (Wildman–Crippen MR) is 62.9 cm³/mol. The van der Waals surface area contributed by atoms with Gasteiger partial charge >= 0.3 is 0 Å². The van der Waals surface area contributed by atoms with E-state index >= 15 is 0 Å². The van der Waals surface area contributed by atoms with Gasteiger partial charge in [0, 0.05) is 26.2 Å². The molecule has 2 aliphatic heterocycles. The standard InChI is InChI=1S/C13H24N2/c1-12(4-3-7-14-8-12)9-15-10-13(11-15)5-2-6-13/h14H,2-11H2,1H3. The normalized spacial score (nSPS) is 39.8. The molecule has 1 unspecified atom stereocenters. The van der Waals surface area contributed by atoms with Crippen LogP contribution in [0.3, 0.4) is 0 Å². The minimum absolute atomic E-state index is 0.559. The van der Waals surface area contributed by atoms with Crippen molar-refractivity contribution < 1.29 is 0 Å². The van der Waals surface area contributed by atoms with Crippen LogP contribution in [-0.2, 0) is 0 Å². The average Bonchev–Trinajstić information content (AvgIpc) is 2.09. The third-order valence-corrected chi connectivity index (χ3v) is 4.82. The molecule has 2 heterocycles. The van der Waals surface area contributed by atoms with Crippen LogP contribution in [0.15, 0.2) is 0 Å². The molecular formula is C13H24N2. The van der Waals surface area contributed by atoms with Crippen molar-refractivity contribution in [2.75, 3.05) is 32.7 Å². The Bertz CT molecular complexity index is 231. The van der Waals surface area contributed by atoms with Gasteiger partial charge in [0.25, 0.3) is 0 Å². The number of nitrogens with zero attached hydrogens (tertiary/aromatic N) is 1. The van der Waals surface area contributed by atoms with Gasteiger partial charge in [0.2, 0.25) is 0 Å². The molecule has 3 rings (SSSR count). The lowest BCUT2D eigenvalue weighted by molar-refractivity contribution is -0.0787. The van der Waals surface area contributed by atoms with E-state index in [2.05, 4.69) is 17.1 Å². The Kier molecular flexibility index (Phi) is 2.33. The van der Waals surface area contributed by atoms with Crippen LogP contribution in [0.25, 0.3) is 0 Å². The highest BCUT2D eigenvalue weighted by atomic mass is 15.2. The van der Waals surface area contributed by atoms with Crippen LogP contribution in [0.4, 0.5) is 0 Å². The molecular weight excluding hydrogens is 184 g/mol. The fourth-order valence-electron chi connectivity index (χ4n) is 3.80. The van der Waals surface area contributed by atoms with Crippen LogP contribution in [0.5, 0.6) is 0 Å². The summed E-state index contributed by atoms with van der Waals surface area (Å²) in [4.78, 5) is 2.70. The number of hydrogen-bond acceptors (Lipinski definition) is 2. The molecule has 0 radical (unpaired) electrons. The summed E-state index contributed by atoms with van der Waals surface area (Å²) in [7, 11) is 0. The van der Waals surface area contributed by atoms with Crippen molar-refractivity contribution in [3.63, 3.8) is 0 Å². The lowest BCUT2D eigenvalue weighted by Crippen LogP contribution is -2.62. The molecule has 1 atom stereocenters. The molecule has 2 nitrogen and oxygen atoms in total. The van der Waals surface area contributed by atoms with E-state index in [1.807, 2.05) is 0 Å². The van der Waals surface area contributed by atoms with Gasteiger partial charge in [-0.3, -0.25) is 0 Å². The van der Waals surface area contributed by atoms with Crippen molar-refractivity contribution in [1.82, 2.24) is 10.2 Å². The number of nitrogens with one attached hydrogen (secondary N) is 1. The fourth-order valence-corrected chi connectivity index (χ4v) is 3.80.